The number of primary amides is 1. The predicted octanol–water partition coefficient (Wildman–Crippen LogP) is -0.524. The number of benzene rings is 1. The minimum atomic E-state index is -1.21. The van der Waals surface area contributed by atoms with Crippen LogP contribution in [0.5, 0.6) is 5.75 Å². The number of nitrogens with one attached hydrogen (secondary N) is 3. The molecule has 0 saturated carbocycles. The number of amides is 4. The van der Waals surface area contributed by atoms with Crippen molar-refractivity contribution in [1.29, 1.82) is 0 Å². The van der Waals surface area contributed by atoms with E-state index in [4.69, 9.17) is 11.5 Å². The van der Waals surface area contributed by atoms with Crippen LogP contribution in [0.1, 0.15) is 38.7 Å². The van der Waals surface area contributed by atoms with Crippen molar-refractivity contribution < 1.29 is 34.2 Å². The second-order valence-electron chi connectivity index (χ2n) is 8.95. The first-order valence-corrected chi connectivity index (χ1v) is 13.2. The Hall–Kier alpha value is -3.32. The van der Waals surface area contributed by atoms with E-state index in [-0.39, 0.29) is 31.4 Å². The van der Waals surface area contributed by atoms with Gasteiger partial charge in [-0.1, -0.05) is 26.0 Å². The number of phenolic OH excluding ortho intramolecular Hbond substituents is 1. The molecule has 1 rings (SSSR count). The number of rotatable bonds is 16. The van der Waals surface area contributed by atoms with E-state index >= 15 is 0 Å². The molecule has 0 spiro atoms. The van der Waals surface area contributed by atoms with Crippen LogP contribution in [0.25, 0.3) is 0 Å². The molecule has 0 aliphatic heterocycles. The van der Waals surface area contributed by atoms with Gasteiger partial charge >= 0.3 is 5.97 Å². The Bertz CT molecular complexity index is 942. The Balaban J connectivity index is 3.11. The minimum Gasteiger partial charge on any atom is -0.508 e. The molecule has 0 aliphatic carbocycles. The second-order valence-corrected chi connectivity index (χ2v) is 9.94. The number of thioether (sulfide) groups is 1. The Labute approximate surface area is 220 Å². The number of carboxylic acid groups (broad SMARTS) is 1. The highest BCUT2D eigenvalue weighted by Gasteiger charge is 2.31. The first kappa shape index (κ1) is 31.7. The summed E-state index contributed by atoms with van der Waals surface area (Å²) in [5.74, 6) is -3.72. The summed E-state index contributed by atoms with van der Waals surface area (Å²) in [6.45, 7) is 3.28. The maximum absolute atomic E-state index is 13.2. The normalized spacial score (nSPS) is 14.2. The highest BCUT2D eigenvalue weighted by atomic mass is 32.2. The number of aromatic hydroxyl groups is 1. The first-order valence-electron chi connectivity index (χ1n) is 11.8. The second kappa shape index (κ2) is 15.7. The van der Waals surface area contributed by atoms with Crippen molar-refractivity contribution in [2.75, 3.05) is 12.0 Å². The van der Waals surface area contributed by atoms with E-state index < -0.39 is 59.7 Å². The van der Waals surface area contributed by atoms with Crippen LogP contribution >= 0.6 is 11.8 Å². The van der Waals surface area contributed by atoms with Gasteiger partial charge in [0.2, 0.25) is 23.6 Å². The summed E-state index contributed by atoms with van der Waals surface area (Å²) in [5.41, 5.74) is 11.5. The van der Waals surface area contributed by atoms with Gasteiger partial charge in [0.05, 0.1) is 6.04 Å². The summed E-state index contributed by atoms with van der Waals surface area (Å²) in [5, 5.41) is 26.7. The van der Waals surface area contributed by atoms with Crippen LogP contribution in [0.4, 0.5) is 0 Å². The van der Waals surface area contributed by atoms with E-state index in [1.807, 2.05) is 6.26 Å². The molecule has 0 bridgehead atoms. The lowest BCUT2D eigenvalue weighted by Crippen LogP contribution is -2.58. The molecular formula is C24H37N5O7S. The lowest BCUT2D eigenvalue weighted by molar-refractivity contribution is -0.143. The number of aliphatic carboxylic acids is 1. The van der Waals surface area contributed by atoms with Crippen molar-refractivity contribution in [3.05, 3.63) is 29.8 Å². The molecule has 0 radical (unpaired) electrons. The Morgan fingerprint density at radius 2 is 1.49 bits per heavy atom. The first-order chi connectivity index (χ1) is 17.3. The Morgan fingerprint density at radius 1 is 0.919 bits per heavy atom. The van der Waals surface area contributed by atoms with Crippen molar-refractivity contribution in [1.82, 2.24) is 16.0 Å². The largest absolute Gasteiger partial charge is 0.508 e. The number of nitrogens with two attached hydrogens (primary N) is 2. The van der Waals surface area contributed by atoms with E-state index in [2.05, 4.69) is 16.0 Å². The van der Waals surface area contributed by atoms with E-state index in [0.717, 1.165) is 0 Å². The van der Waals surface area contributed by atoms with Gasteiger partial charge in [-0.05, 0) is 48.5 Å². The quantitative estimate of drug-likeness (QED) is 0.144. The molecule has 4 atom stereocenters. The minimum absolute atomic E-state index is 0.00358. The van der Waals surface area contributed by atoms with Crippen LogP contribution in [-0.2, 0) is 30.4 Å². The zero-order chi connectivity index (χ0) is 28.1. The fourth-order valence-electron chi connectivity index (χ4n) is 3.33. The van der Waals surface area contributed by atoms with Gasteiger partial charge in [-0.25, -0.2) is 4.79 Å². The van der Waals surface area contributed by atoms with Crippen molar-refractivity contribution in [3.8, 4) is 5.75 Å². The monoisotopic (exact) mass is 539 g/mol. The number of carbonyl (C=O) groups excluding carboxylic acids is 4. The SMILES string of the molecule is CSCCC(NC(=O)C(N)CCC(N)=O)C(=O)NC(Cc1ccc(O)cc1)C(=O)NC(C(=O)O)C(C)C. The molecule has 12 nitrogen and oxygen atoms in total. The number of carbonyl (C=O) groups is 5. The van der Waals surface area contributed by atoms with Gasteiger partial charge in [-0.2, -0.15) is 11.8 Å². The van der Waals surface area contributed by atoms with Crippen LogP contribution in [0.3, 0.4) is 0 Å². The zero-order valence-electron chi connectivity index (χ0n) is 21.2. The number of hydrogen-bond acceptors (Lipinski definition) is 8. The third kappa shape index (κ3) is 11.5. The lowest BCUT2D eigenvalue weighted by Gasteiger charge is -2.26. The molecule has 9 N–H and O–H groups in total. The number of carboxylic acids is 1. The van der Waals surface area contributed by atoms with Crippen molar-refractivity contribution in [2.45, 2.75) is 63.7 Å². The maximum Gasteiger partial charge on any atom is 0.326 e. The molecule has 37 heavy (non-hydrogen) atoms. The summed E-state index contributed by atoms with van der Waals surface area (Å²) in [7, 11) is 0. The molecule has 4 amide bonds. The summed E-state index contributed by atoms with van der Waals surface area (Å²) in [6, 6.07) is 1.56. The maximum atomic E-state index is 13.2. The zero-order valence-corrected chi connectivity index (χ0v) is 22.0. The van der Waals surface area contributed by atoms with E-state index in [1.165, 1.54) is 23.9 Å². The third-order valence-corrected chi connectivity index (χ3v) is 6.17. The van der Waals surface area contributed by atoms with Gasteiger partial charge in [0.1, 0.15) is 23.9 Å². The van der Waals surface area contributed by atoms with Gasteiger partial charge in [0, 0.05) is 12.8 Å². The molecule has 4 unspecified atom stereocenters. The molecule has 0 saturated heterocycles. The summed E-state index contributed by atoms with van der Waals surface area (Å²) >= 11 is 1.45. The molecule has 1 aromatic carbocycles. The van der Waals surface area contributed by atoms with Crippen molar-refractivity contribution in [2.24, 2.45) is 17.4 Å². The Kier molecular flexibility index (Phi) is 13.5. The molecule has 0 aliphatic rings. The van der Waals surface area contributed by atoms with Crippen molar-refractivity contribution in [3.63, 3.8) is 0 Å². The molecule has 0 heterocycles. The molecule has 0 aromatic heterocycles. The number of phenols is 1. The van der Waals surface area contributed by atoms with Gasteiger partial charge in [-0.3, -0.25) is 19.2 Å². The fourth-order valence-corrected chi connectivity index (χ4v) is 3.80. The van der Waals surface area contributed by atoms with Crippen LogP contribution < -0.4 is 27.4 Å². The molecule has 13 heteroatoms. The average Bonchev–Trinajstić information content (AvgIpc) is 2.83. The van der Waals surface area contributed by atoms with E-state index in [9.17, 15) is 34.2 Å². The molecule has 0 fully saturated rings. The van der Waals surface area contributed by atoms with Gasteiger partial charge < -0.3 is 37.6 Å². The van der Waals surface area contributed by atoms with Gasteiger partial charge in [0.25, 0.3) is 0 Å². The van der Waals surface area contributed by atoms with Crippen molar-refractivity contribution >= 4 is 41.4 Å². The highest BCUT2D eigenvalue weighted by Crippen LogP contribution is 2.13. The highest BCUT2D eigenvalue weighted by molar-refractivity contribution is 7.98. The predicted molar refractivity (Wildman–Crippen MR) is 139 cm³/mol. The van der Waals surface area contributed by atoms with Gasteiger partial charge in [0.15, 0.2) is 0 Å². The average molecular weight is 540 g/mol. The fraction of sp³-hybridized carbons (Fsp3) is 0.542. The number of hydrogen-bond donors (Lipinski definition) is 7. The van der Waals surface area contributed by atoms with Crippen LogP contribution in [-0.4, -0.2) is 76.0 Å². The molecule has 206 valence electrons. The third-order valence-electron chi connectivity index (χ3n) is 5.52. The molecule has 1 aromatic rings. The van der Waals surface area contributed by atoms with E-state index in [0.29, 0.717) is 11.3 Å². The van der Waals surface area contributed by atoms with E-state index in [1.54, 1.807) is 26.0 Å². The van der Waals surface area contributed by atoms with Crippen LogP contribution in [0.15, 0.2) is 24.3 Å². The summed E-state index contributed by atoms with van der Waals surface area (Å²) < 4.78 is 0. The topological polar surface area (TPSA) is 214 Å². The Morgan fingerprint density at radius 3 is 2.00 bits per heavy atom. The van der Waals surface area contributed by atoms with Gasteiger partial charge in [-0.15, -0.1) is 0 Å². The summed E-state index contributed by atoms with van der Waals surface area (Å²) in [4.78, 5) is 61.4. The lowest BCUT2D eigenvalue weighted by atomic mass is 10.0. The standard InChI is InChI=1S/C24H37N5O7S/c1-13(2)20(24(35)36)29-23(34)18(12-14-4-6-15(30)7-5-14)28-22(33)17(10-11-37-3)27-21(32)16(25)8-9-19(26)31/h4-7,13,16-18,20,30H,8-12,25H2,1-3H3,(H2,26,31)(H,27,32)(H,28,33)(H,29,34)(H,35,36). The van der Waals surface area contributed by atoms with Crippen LogP contribution in [0, 0.1) is 5.92 Å². The van der Waals surface area contributed by atoms with Crippen LogP contribution in [0.2, 0.25) is 0 Å². The smallest absolute Gasteiger partial charge is 0.326 e. The molecular weight excluding hydrogens is 502 g/mol. The summed E-state index contributed by atoms with van der Waals surface area (Å²) in [6.07, 6.45) is 1.98.